The molecule has 0 aliphatic carbocycles. The molecule has 0 fully saturated rings. The van der Waals surface area contributed by atoms with Crippen molar-refractivity contribution in [3.8, 4) is 11.4 Å². The van der Waals surface area contributed by atoms with Crippen molar-refractivity contribution in [2.75, 3.05) is 5.88 Å². The number of aryl methyl sites for hydroxylation is 1. The molecule has 0 atom stereocenters. The fourth-order valence-electron chi connectivity index (χ4n) is 1.57. The second kappa shape index (κ2) is 5.87. The van der Waals surface area contributed by atoms with Crippen molar-refractivity contribution in [1.82, 2.24) is 15.2 Å². The molecular formula is C11H13Cl2N3. The maximum atomic E-state index is 5.76. The van der Waals surface area contributed by atoms with Crippen molar-refractivity contribution in [2.24, 2.45) is 0 Å². The largest absolute Gasteiger partial charge is 0.282 e. The summed E-state index contributed by atoms with van der Waals surface area (Å²) in [5, 5.41) is 7.23. The lowest BCUT2D eigenvalue weighted by Gasteiger charge is -2.00. The number of hydrogen-bond acceptors (Lipinski definition) is 2. The Morgan fingerprint density at radius 3 is 2.81 bits per heavy atom. The molecular weight excluding hydrogens is 245 g/mol. The van der Waals surface area contributed by atoms with Gasteiger partial charge in [-0.3, -0.25) is 10.1 Å². The average molecular weight is 258 g/mol. The van der Waals surface area contributed by atoms with Gasteiger partial charge in [0.15, 0.2) is 0 Å². The third-order valence-electron chi connectivity index (χ3n) is 2.33. The highest BCUT2D eigenvalue weighted by molar-refractivity contribution is 6.18. The van der Waals surface area contributed by atoms with Gasteiger partial charge in [0.2, 0.25) is 0 Å². The van der Waals surface area contributed by atoms with Crippen LogP contribution in [0.4, 0.5) is 0 Å². The zero-order valence-electron chi connectivity index (χ0n) is 8.90. The van der Waals surface area contributed by atoms with Crippen LogP contribution in [-0.2, 0) is 6.42 Å². The highest BCUT2D eigenvalue weighted by atomic mass is 35.5. The highest BCUT2D eigenvalue weighted by Gasteiger charge is 2.11. The summed E-state index contributed by atoms with van der Waals surface area (Å²) in [5.41, 5.74) is 4.02. The summed E-state index contributed by atoms with van der Waals surface area (Å²) < 4.78 is 0. The molecule has 3 nitrogen and oxygen atoms in total. The van der Waals surface area contributed by atoms with Crippen molar-refractivity contribution < 1.29 is 0 Å². The molecule has 2 rings (SSSR count). The first-order chi connectivity index (χ1) is 7.33. The van der Waals surface area contributed by atoms with Gasteiger partial charge in [0.25, 0.3) is 0 Å². The van der Waals surface area contributed by atoms with Crippen molar-refractivity contribution in [3.05, 3.63) is 35.7 Å². The van der Waals surface area contributed by atoms with Crippen LogP contribution in [-0.4, -0.2) is 21.1 Å². The Bertz CT molecular complexity index is 440. The van der Waals surface area contributed by atoms with Crippen molar-refractivity contribution in [2.45, 2.75) is 13.3 Å². The number of hydrogen-bond donors (Lipinski definition) is 1. The van der Waals surface area contributed by atoms with Gasteiger partial charge in [-0.05, 0) is 25.5 Å². The summed E-state index contributed by atoms with van der Waals surface area (Å²) in [4.78, 5) is 4.28. The normalized spacial score (nSPS) is 9.88. The second-order valence-electron chi connectivity index (χ2n) is 3.33. The Hall–Kier alpha value is -1.06. The molecule has 0 saturated carbocycles. The Morgan fingerprint density at radius 1 is 1.38 bits per heavy atom. The smallest absolute Gasteiger partial charge is 0.114 e. The van der Waals surface area contributed by atoms with Gasteiger partial charge < -0.3 is 0 Å². The van der Waals surface area contributed by atoms with E-state index in [2.05, 4.69) is 15.2 Å². The monoisotopic (exact) mass is 257 g/mol. The van der Waals surface area contributed by atoms with Crippen LogP contribution < -0.4 is 0 Å². The molecule has 0 saturated heterocycles. The number of nitrogens with one attached hydrogen (secondary N) is 1. The van der Waals surface area contributed by atoms with E-state index < -0.39 is 0 Å². The van der Waals surface area contributed by atoms with E-state index in [1.807, 2.05) is 25.1 Å². The summed E-state index contributed by atoms with van der Waals surface area (Å²) >= 11 is 5.76. The quantitative estimate of drug-likeness (QED) is 0.860. The standard InChI is InChI=1S/C11H12ClN3.ClH/c1-8-9(5-6-12)11(15-14-8)10-4-2-3-7-13-10;/h2-4,7H,5-6H2,1H3,(H,14,15);1H. The first-order valence-electron chi connectivity index (χ1n) is 4.84. The van der Waals surface area contributed by atoms with Crippen molar-refractivity contribution in [1.29, 1.82) is 0 Å². The second-order valence-corrected chi connectivity index (χ2v) is 3.71. The number of pyridine rings is 1. The molecule has 2 aromatic heterocycles. The molecule has 5 heteroatoms. The molecule has 0 aliphatic heterocycles. The van der Waals surface area contributed by atoms with E-state index in [1.165, 1.54) is 0 Å². The minimum Gasteiger partial charge on any atom is -0.282 e. The Balaban J connectivity index is 0.00000128. The topological polar surface area (TPSA) is 41.6 Å². The van der Waals surface area contributed by atoms with Crippen LogP contribution in [0.25, 0.3) is 11.4 Å². The number of alkyl halides is 1. The van der Waals surface area contributed by atoms with Gasteiger partial charge >= 0.3 is 0 Å². The molecule has 2 aromatic rings. The van der Waals surface area contributed by atoms with Gasteiger partial charge in [-0.2, -0.15) is 5.10 Å². The highest BCUT2D eigenvalue weighted by Crippen LogP contribution is 2.21. The predicted octanol–water partition coefficient (Wildman–Crippen LogP) is 2.98. The maximum Gasteiger partial charge on any atom is 0.114 e. The lowest BCUT2D eigenvalue weighted by Crippen LogP contribution is -1.92. The minimum atomic E-state index is 0. The van der Waals surface area contributed by atoms with Crippen LogP contribution in [0.15, 0.2) is 24.4 Å². The molecule has 0 aliphatic rings. The number of rotatable bonds is 3. The fourth-order valence-corrected chi connectivity index (χ4v) is 1.76. The minimum absolute atomic E-state index is 0. The fraction of sp³-hybridized carbons (Fsp3) is 0.273. The number of nitrogens with zero attached hydrogens (tertiary/aromatic N) is 2. The number of H-pyrrole nitrogens is 1. The molecule has 0 unspecified atom stereocenters. The van der Waals surface area contributed by atoms with Gasteiger partial charge in [-0.1, -0.05) is 6.07 Å². The van der Waals surface area contributed by atoms with E-state index in [0.717, 1.165) is 29.1 Å². The van der Waals surface area contributed by atoms with E-state index in [-0.39, 0.29) is 12.4 Å². The van der Waals surface area contributed by atoms with Gasteiger partial charge in [0.1, 0.15) is 5.69 Å². The van der Waals surface area contributed by atoms with Crippen molar-refractivity contribution >= 4 is 24.0 Å². The first kappa shape index (κ1) is 13.0. The SMILES string of the molecule is Cc1[nH]nc(-c2ccccn2)c1CCCl.Cl. The third kappa shape index (κ3) is 2.54. The van der Waals surface area contributed by atoms with Crippen LogP contribution in [0.1, 0.15) is 11.3 Å². The summed E-state index contributed by atoms with van der Waals surface area (Å²) in [6.07, 6.45) is 2.58. The average Bonchev–Trinajstić information content (AvgIpc) is 2.63. The van der Waals surface area contributed by atoms with E-state index >= 15 is 0 Å². The van der Waals surface area contributed by atoms with Gasteiger partial charge in [0.05, 0.1) is 5.69 Å². The first-order valence-corrected chi connectivity index (χ1v) is 5.37. The zero-order chi connectivity index (χ0) is 10.7. The van der Waals surface area contributed by atoms with E-state index in [1.54, 1.807) is 6.20 Å². The molecule has 1 N–H and O–H groups in total. The third-order valence-corrected chi connectivity index (χ3v) is 2.51. The molecule has 0 radical (unpaired) electrons. The van der Waals surface area contributed by atoms with Crippen LogP contribution in [0.3, 0.4) is 0 Å². The molecule has 0 amide bonds. The lowest BCUT2D eigenvalue weighted by molar-refractivity contribution is 1.04. The molecule has 2 heterocycles. The molecule has 0 bridgehead atoms. The maximum absolute atomic E-state index is 5.76. The number of aromatic nitrogens is 3. The van der Waals surface area contributed by atoms with Crippen LogP contribution in [0.2, 0.25) is 0 Å². The predicted molar refractivity (Wildman–Crippen MR) is 68.2 cm³/mol. The summed E-state index contributed by atoms with van der Waals surface area (Å²) in [6.45, 7) is 2.00. The number of halogens is 2. The van der Waals surface area contributed by atoms with Crippen LogP contribution in [0, 0.1) is 6.92 Å². The Morgan fingerprint density at radius 2 is 2.19 bits per heavy atom. The molecule has 86 valence electrons. The van der Waals surface area contributed by atoms with E-state index in [4.69, 9.17) is 11.6 Å². The van der Waals surface area contributed by atoms with Gasteiger partial charge in [-0.25, -0.2) is 0 Å². The van der Waals surface area contributed by atoms with Crippen molar-refractivity contribution in [3.63, 3.8) is 0 Å². The van der Waals surface area contributed by atoms with E-state index in [9.17, 15) is 0 Å². The Labute approximate surface area is 106 Å². The summed E-state index contributed by atoms with van der Waals surface area (Å²) in [7, 11) is 0. The Kier molecular flexibility index (Phi) is 4.77. The lowest BCUT2D eigenvalue weighted by atomic mass is 10.1. The van der Waals surface area contributed by atoms with Gasteiger partial charge in [0, 0.05) is 23.3 Å². The summed E-state index contributed by atoms with van der Waals surface area (Å²) in [6, 6.07) is 5.80. The van der Waals surface area contributed by atoms with E-state index in [0.29, 0.717) is 5.88 Å². The molecule has 16 heavy (non-hydrogen) atoms. The zero-order valence-corrected chi connectivity index (χ0v) is 10.5. The van der Waals surface area contributed by atoms with Crippen LogP contribution in [0.5, 0.6) is 0 Å². The summed E-state index contributed by atoms with van der Waals surface area (Å²) in [5.74, 6) is 0.597. The van der Waals surface area contributed by atoms with Gasteiger partial charge in [-0.15, -0.1) is 24.0 Å². The van der Waals surface area contributed by atoms with Crippen LogP contribution >= 0.6 is 24.0 Å². The number of aromatic amines is 1. The molecule has 0 aromatic carbocycles. The molecule has 0 spiro atoms.